The fraction of sp³-hybridized carbons (Fsp3) is 0.355. The zero-order chi connectivity index (χ0) is 25.5. The van der Waals surface area contributed by atoms with Gasteiger partial charge < -0.3 is 19.6 Å². The third kappa shape index (κ3) is 4.29. The van der Waals surface area contributed by atoms with Crippen LogP contribution in [0.2, 0.25) is 0 Å². The maximum absolute atomic E-state index is 12.0. The molecule has 0 fully saturated rings. The van der Waals surface area contributed by atoms with Crippen LogP contribution in [0.1, 0.15) is 40.8 Å². The third-order valence-corrected chi connectivity index (χ3v) is 8.36. The van der Waals surface area contributed by atoms with E-state index in [1.54, 1.807) is 14.2 Å². The van der Waals surface area contributed by atoms with Gasteiger partial charge >= 0.3 is 0 Å². The van der Waals surface area contributed by atoms with Crippen LogP contribution < -0.4 is 9.47 Å². The highest BCUT2D eigenvalue weighted by Crippen LogP contribution is 2.40. The number of hydrogen-bond donors (Lipinski definition) is 2. The van der Waals surface area contributed by atoms with Crippen molar-refractivity contribution in [1.82, 2.24) is 14.8 Å². The van der Waals surface area contributed by atoms with Gasteiger partial charge in [-0.05, 0) is 71.8 Å². The zero-order valence-electron chi connectivity index (χ0n) is 21.8. The lowest BCUT2D eigenvalue weighted by Crippen LogP contribution is -2.56. The van der Waals surface area contributed by atoms with E-state index in [1.807, 2.05) is 6.20 Å². The van der Waals surface area contributed by atoms with Crippen molar-refractivity contribution in [3.8, 4) is 11.5 Å². The Balaban J connectivity index is 1.32. The summed E-state index contributed by atoms with van der Waals surface area (Å²) >= 11 is 0. The Labute approximate surface area is 218 Å². The fourth-order valence-corrected chi connectivity index (χ4v) is 6.32. The first-order valence-electron chi connectivity index (χ1n) is 13.1. The summed E-state index contributed by atoms with van der Waals surface area (Å²) in [7, 11) is 3.35. The molecule has 0 radical (unpaired) electrons. The molecule has 2 aliphatic rings. The molecule has 2 N–H and O–H groups in total. The lowest BCUT2D eigenvalue weighted by atomic mass is 9.89. The summed E-state index contributed by atoms with van der Waals surface area (Å²) in [6.45, 7) is 4.59. The van der Waals surface area contributed by atoms with Crippen molar-refractivity contribution in [1.29, 1.82) is 0 Å². The topological polar surface area (TPSA) is 61.0 Å². The minimum atomic E-state index is -0.602. The van der Waals surface area contributed by atoms with Gasteiger partial charge in [0.05, 0.1) is 20.3 Å². The Bertz CT molecular complexity index is 1410. The van der Waals surface area contributed by atoms with Gasteiger partial charge in [-0.25, -0.2) is 0 Å². The second kappa shape index (κ2) is 9.86. The van der Waals surface area contributed by atoms with Gasteiger partial charge in [0.25, 0.3) is 0 Å². The van der Waals surface area contributed by atoms with Gasteiger partial charge in [-0.3, -0.25) is 9.80 Å². The number of H-pyrrole nitrogens is 1. The number of hydrogen-bond acceptors (Lipinski definition) is 5. The number of fused-ring (bicyclic) bond motifs is 3. The summed E-state index contributed by atoms with van der Waals surface area (Å²) in [6, 6.07) is 21.5. The number of aromatic nitrogens is 1. The summed E-state index contributed by atoms with van der Waals surface area (Å²) < 4.78 is 11.1. The Morgan fingerprint density at radius 1 is 0.973 bits per heavy atom. The van der Waals surface area contributed by atoms with Crippen LogP contribution in [-0.4, -0.2) is 52.9 Å². The maximum atomic E-state index is 12.0. The number of nitrogens with zero attached hydrogens (tertiary/aromatic N) is 2. The fourth-order valence-electron chi connectivity index (χ4n) is 6.32. The van der Waals surface area contributed by atoms with Crippen molar-refractivity contribution < 1.29 is 14.6 Å². The molecule has 0 aliphatic carbocycles. The molecule has 3 unspecified atom stereocenters. The average molecular weight is 498 g/mol. The predicted molar refractivity (Wildman–Crippen MR) is 146 cm³/mol. The van der Waals surface area contributed by atoms with E-state index in [-0.39, 0.29) is 12.1 Å². The SMILES string of the molecule is COc1cc2c(cc1OC)C(C)N(C(O)C1Cc3ccccc3CN1Cc1cccc3[nH]ccc13)CC2. The molecule has 0 amide bonds. The van der Waals surface area contributed by atoms with Gasteiger partial charge in [-0.2, -0.15) is 0 Å². The van der Waals surface area contributed by atoms with Gasteiger partial charge in [-0.15, -0.1) is 0 Å². The van der Waals surface area contributed by atoms with Gasteiger partial charge in [0.2, 0.25) is 0 Å². The standard InChI is InChI=1S/C31H35N3O3/c1-20-26-17-30(37-3)29(36-2)16-22(26)12-14-34(20)31(35)28-15-21-7-4-5-8-23(21)18-33(28)19-24-9-6-10-27-25(24)11-13-32-27/h4-11,13,16-17,20,28,31-32,35H,12,14-15,18-19H2,1-3H3. The highest BCUT2D eigenvalue weighted by atomic mass is 16.5. The molecule has 6 heteroatoms. The van der Waals surface area contributed by atoms with Crippen LogP contribution in [0.25, 0.3) is 10.9 Å². The van der Waals surface area contributed by atoms with Crippen molar-refractivity contribution in [3.05, 3.63) is 94.7 Å². The van der Waals surface area contributed by atoms with Crippen molar-refractivity contribution in [2.24, 2.45) is 0 Å². The molecular formula is C31H35N3O3. The molecule has 3 aromatic carbocycles. The molecule has 2 aliphatic heterocycles. The first-order valence-corrected chi connectivity index (χ1v) is 13.1. The van der Waals surface area contributed by atoms with Crippen molar-refractivity contribution in [2.75, 3.05) is 20.8 Å². The largest absolute Gasteiger partial charge is 0.493 e. The van der Waals surface area contributed by atoms with E-state index in [0.717, 1.165) is 49.5 Å². The molecule has 1 aromatic heterocycles. The van der Waals surface area contributed by atoms with E-state index in [9.17, 15) is 5.11 Å². The van der Waals surface area contributed by atoms with Crippen molar-refractivity contribution in [3.63, 3.8) is 0 Å². The van der Waals surface area contributed by atoms with E-state index >= 15 is 0 Å². The summed E-state index contributed by atoms with van der Waals surface area (Å²) in [5, 5.41) is 13.2. The molecular weight excluding hydrogens is 462 g/mol. The first kappa shape index (κ1) is 24.0. The van der Waals surface area contributed by atoms with E-state index in [1.165, 1.54) is 33.2 Å². The van der Waals surface area contributed by atoms with Crippen LogP contribution in [0.5, 0.6) is 11.5 Å². The monoisotopic (exact) mass is 497 g/mol. The Morgan fingerprint density at radius 3 is 2.57 bits per heavy atom. The van der Waals surface area contributed by atoms with Crippen LogP contribution in [-0.2, 0) is 25.9 Å². The number of nitrogens with one attached hydrogen (secondary N) is 1. The smallest absolute Gasteiger partial charge is 0.161 e. The summed E-state index contributed by atoms with van der Waals surface area (Å²) in [6.07, 6.45) is 3.09. The van der Waals surface area contributed by atoms with E-state index in [2.05, 4.69) is 82.4 Å². The second-order valence-corrected chi connectivity index (χ2v) is 10.3. The van der Waals surface area contributed by atoms with Gasteiger partial charge in [0, 0.05) is 42.8 Å². The number of ether oxygens (including phenoxy) is 2. The van der Waals surface area contributed by atoms with Crippen LogP contribution in [0, 0.1) is 0 Å². The lowest BCUT2D eigenvalue weighted by Gasteiger charge is -2.46. The Hall–Kier alpha value is -3.32. The summed E-state index contributed by atoms with van der Waals surface area (Å²) in [5.74, 6) is 1.49. The molecule has 0 saturated carbocycles. The van der Waals surface area contributed by atoms with Gasteiger partial charge in [-0.1, -0.05) is 36.4 Å². The molecule has 37 heavy (non-hydrogen) atoms. The van der Waals surface area contributed by atoms with Crippen LogP contribution in [0.15, 0.2) is 66.9 Å². The molecule has 4 aromatic rings. The third-order valence-electron chi connectivity index (χ3n) is 8.36. The number of aliphatic hydroxyl groups is 1. The molecule has 6 rings (SSSR count). The minimum Gasteiger partial charge on any atom is -0.493 e. The molecule has 0 bridgehead atoms. The number of benzene rings is 3. The molecule has 0 spiro atoms. The van der Waals surface area contributed by atoms with Crippen molar-refractivity contribution in [2.45, 2.75) is 51.2 Å². The number of aromatic amines is 1. The van der Waals surface area contributed by atoms with Crippen LogP contribution >= 0.6 is 0 Å². The predicted octanol–water partition coefficient (Wildman–Crippen LogP) is 5.05. The second-order valence-electron chi connectivity index (χ2n) is 10.3. The van der Waals surface area contributed by atoms with Gasteiger partial charge in [0.1, 0.15) is 6.23 Å². The average Bonchev–Trinajstić information content (AvgIpc) is 3.42. The summed E-state index contributed by atoms with van der Waals surface area (Å²) in [4.78, 5) is 8.06. The number of aliphatic hydroxyl groups excluding tert-OH is 1. The highest BCUT2D eigenvalue weighted by molar-refractivity contribution is 5.82. The van der Waals surface area contributed by atoms with Crippen LogP contribution in [0.3, 0.4) is 0 Å². The Kier molecular flexibility index (Phi) is 6.41. The van der Waals surface area contributed by atoms with Crippen molar-refractivity contribution >= 4 is 10.9 Å². The normalized spacial score (nSPS) is 20.9. The van der Waals surface area contributed by atoms with E-state index in [0.29, 0.717) is 0 Å². The maximum Gasteiger partial charge on any atom is 0.161 e. The molecule has 3 heterocycles. The Morgan fingerprint density at radius 2 is 1.76 bits per heavy atom. The number of rotatable bonds is 6. The number of methoxy groups -OCH3 is 2. The zero-order valence-corrected chi connectivity index (χ0v) is 21.8. The first-order chi connectivity index (χ1) is 18.1. The molecule has 0 saturated heterocycles. The van der Waals surface area contributed by atoms with Crippen LogP contribution in [0.4, 0.5) is 0 Å². The molecule has 192 valence electrons. The minimum absolute atomic E-state index is 0.0201. The summed E-state index contributed by atoms with van der Waals surface area (Å²) in [5.41, 5.74) is 7.57. The van der Waals surface area contributed by atoms with E-state index in [4.69, 9.17) is 9.47 Å². The molecule has 3 atom stereocenters. The van der Waals surface area contributed by atoms with Gasteiger partial charge in [0.15, 0.2) is 11.5 Å². The lowest BCUT2D eigenvalue weighted by molar-refractivity contribution is -0.0887. The highest BCUT2D eigenvalue weighted by Gasteiger charge is 2.38. The van der Waals surface area contributed by atoms with E-state index < -0.39 is 6.23 Å². The molecule has 6 nitrogen and oxygen atoms in total. The quantitative estimate of drug-likeness (QED) is 0.390.